The molecule has 2 heterocycles. The molecule has 0 unspecified atom stereocenters. The van der Waals surface area contributed by atoms with Crippen LogP contribution >= 0.6 is 0 Å². The van der Waals surface area contributed by atoms with Crippen LogP contribution in [0.1, 0.15) is 18.4 Å². The topological polar surface area (TPSA) is 66.2 Å². The third-order valence-corrected chi connectivity index (χ3v) is 4.25. The zero-order chi connectivity index (χ0) is 15.2. The number of ether oxygens (including phenoxy) is 1. The van der Waals surface area contributed by atoms with Crippen molar-refractivity contribution in [3.63, 3.8) is 0 Å². The highest BCUT2D eigenvalue weighted by Gasteiger charge is 2.14. The van der Waals surface area contributed by atoms with Gasteiger partial charge in [-0.25, -0.2) is 4.79 Å². The van der Waals surface area contributed by atoms with Crippen LogP contribution in [0, 0.1) is 5.92 Å². The van der Waals surface area contributed by atoms with Crippen molar-refractivity contribution in [3.8, 4) is 0 Å². The monoisotopic (exact) mass is 301 g/mol. The fourth-order valence-corrected chi connectivity index (χ4v) is 2.90. The molecule has 1 aromatic carbocycles. The van der Waals surface area contributed by atoms with Crippen molar-refractivity contribution in [2.24, 2.45) is 5.92 Å². The van der Waals surface area contributed by atoms with Crippen molar-refractivity contribution in [2.75, 3.05) is 26.3 Å². The molecule has 5 nitrogen and oxygen atoms in total. The number of hydrogen-bond acceptors (Lipinski definition) is 2. The highest BCUT2D eigenvalue weighted by atomic mass is 16.5. The number of carbonyl (C=O) groups excluding carboxylic acids is 1. The number of nitrogens with one attached hydrogen (secondary N) is 3. The fraction of sp³-hybridized carbons (Fsp3) is 0.471. The maximum Gasteiger partial charge on any atom is 0.314 e. The van der Waals surface area contributed by atoms with E-state index in [1.165, 1.54) is 10.9 Å². The van der Waals surface area contributed by atoms with E-state index in [9.17, 15) is 4.79 Å². The zero-order valence-corrected chi connectivity index (χ0v) is 12.7. The molecule has 1 fully saturated rings. The molecule has 2 amide bonds. The van der Waals surface area contributed by atoms with Crippen LogP contribution in [-0.2, 0) is 11.2 Å². The van der Waals surface area contributed by atoms with E-state index in [1.54, 1.807) is 0 Å². The van der Waals surface area contributed by atoms with Crippen LogP contribution in [0.2, 0.25) is 0 Å². The van der Waals surface area contributed by atoms with Gasteiger partial charge in [0, 0.05) is 43.4 Å². The molecule has 0 atom stereocenters. The first-order valence-corrected chi connectivity index (χ1v) is 7.97. The molecule has 2 aromatic rings. The Bertz CT molecular complexity index is 617. The lowest BCUT2D eigenvalue weighted by Gasteiger charge is -2.22. The Morgan fingerprint density at radius 1 is 1.23 bits per heavy atom. The van der Waals surface area contributed by atoms with Gasteiger partial charge in [-0.15, -0.1) is 0 Å². The number of rotatable bonds is 5. The lowest BCUT2D eigenvalue weighted by atomic mass is 10.0. The summed E-state index contributed by atoms with van der Waals surface area (Å²) in [6, 6.07) is 8.14. The summed E-state index contributed by atoms with van der Waals surface area (Å²) in [4.78, 5) is 15.1. The highest BCUT2D eigenvalue weighted by Crippen LogP contribution is 2.17. The standard InChI is InChI=1S/C17H23N3O2/c21-17(20-11-13-6-9-22-10-7-13)18-8-5-14-12-19-16-4-2-1-3-15(14)16/h1-4,12-13,19H,5-11H2,(H2,18,20,21). The average Bonchev–Trinajstić information content (AvgIpc) is 2.97. The lowest BCUT2D eigenvalue weighted by molar-refractivity contribution is 0.0669. The number of amides is 2. The summed E-state index contributed by atoms with van der Waals surface area (Å²) >= 11 is 0. The Kier molecular flexibility index (Phi) is 4.96. The predicted molar refractivity (Wildman–Crippen MR) is 86.9 cm³/mol. The van der Waals surface area contributed by atoms with Gasteiger partial charge in [0.05, 0.1) is 0 Å². The maximum atomic E-state index is 11.8. The summed E-state index contributed by atoms with van der Waals surface area (Å²) in [5, 5.41) is 7.11. The quantitative estimate of drug-likeness (QED) is 0.794. The first kappa shape index (κ1) is 14.9. The number of H-pyrrole nitrogens is 1. The second-order valence-corrected chi connectivity index (χ2v) is 5.80. The molecular weight excluding hydrogens is 278 g/mol. The van der Waals surface area contributed by atoms with Crippen molar-refractivity contribution in [2.45, 2.75) is 19.3 Å². The number of carbonyl (C=O) groups is 1. The number of hydrogen-bond donors (Lipinski definition) is 3. The van der Waals surface area contributed by atoms with Gasteiger partial charge in [-0.05, 0) is 36.8 Å². The molecule has 3 rings (SSSR count). The van der Waals surface area contributed by atoms with Crippen molar-refractivity contribution >= 4 is 16.9 Å². The zero-order valence-electron chi connectivity index (χ0n) is 12.7. The first-order chi connectivity index (χ1) is 10.8. The van der Waals surface area contributed by atoms with Gasteiger partial charge in [-0.1, -0.05) is 18.2 Å². The minimum atomic E-state index is -0.0775. The molecule has 0 bridgehead atoms. The molecule has 118 valence electrons. The minimum Gasteiger partial charge on any atom is -0.381 e. The third kappa shape index (κ3) is 3.80. The van der Waals surface area contributed by atoms with Gasteiger partial charge in [0.25, 0.3) is 0 Å². The summed E-state index contributed by atoms with van der Waals surface area (Å²) in [6.45, 7) is 3.01. The van der Waals surface area contributed by atoms with Crippen LogP contribution < -0.4 is 10.6 Å². The molecule has 0 spiro atoms. The number of benzene rings is 1. The van der Waals surface area contributed by atoms with E-state index >= 15 is 0 Å². The third-order valence-electron chi connectivity index (χ3n) is 4.25. The van der Waals surface area contributed by atoms with E-state index in [0.29, 0.717) is 12.5 Å². The predicted octanol–water partition coefficient (Wildman–Crippen LogP) is 2.44. The summed E-state index contributed by atoms with van der Waals surface area (Å²) in [5.74, 6) is 0.549. The van der Waals surface area contributed by atoms with E-state index < -0.39 is 0 Å². The molecule has 0 radical (unpaired) electrons. The van der Waals surface area contributed by atoms with Crippen molar-refractivity contribution in [1.82, 2.24) is 15.6 Å². The van der Waals surface area contributed by atoms with Crippen LogP contribution in [0.25, 0.3) is 10.9 Å². The molecule has 0 aliphatic carbocycles. The van der Waals surface area contributed by atoms with Gasteiger partial charge < -0.3 is 20.4 Å². The Morgan fingerprint density at radius 3 is 2.91 bits per heavy atom. The van der Waals surface area contributed by atoms with Crippen molar-refractivity contribution in [3.05, 3.63) is 36.0 Å². The second-order valence-electron chi connectivity index (χ2n) is 5.80. The van der Waals surface area contributed by atoms with Gasteiger partial charge in [0.1, 0.15) is 0 Å². The van der Waals surface area contributed by atoms with Crippen molar-refractivity contribution < 1.29 is 9.53 Å². The number of fused-ring (bicyclic) bond motifs is 1. The van der Waals surface area contributed by atoms with Gasteiger partial charge >= 0.3 is 6.03 Å². The minimum absolute atomic E-state index is 0.0775. The Balaban J connectivity index is 1.40. The van der Waals surface area contributed by atoms with Gasteiger partial charge in [-0.3, -0.25) is 0 Å². The van der Waals surface area contributed by atoms with E-state index in [1.807, 2.05) is 18.3 Å². The second kappa shape index (κ2) is 7.31. The largest absolute Gasteiger partial charge is 0.381 e. The molecular formula is C17H23N3O2. The Hall–Kier alpha value is -2.01. The maximum absolute atomic E-state index is 11.8. The normalized spacial score (nSPS) is 15.8. The van der Waals surface area contributed by atoms with E-state index in [4.69, 9.17) is 4.74 Å². The van der Waals surface area contributed by atoms with E-state index in [0.717, 1.165) is 44.5 Å². The van der Waals surface area contributed by atoms with Gasteiger partial charge in [0.2, 0.25) is 0 Å². The van der Waals surface area contributed by atoms with Crippen LogP contribution in [0.4, 0.5) is 4.79 Å². The fourth-order valence-electron chi connectivity index (χ4n) is 2.90. The summed E-state index contributed by atoms with van der Waals surface area (Å²) < 4.78 is 5.32. The smallest absolute Gasteiger partial charge is 0.314 e. The summed E-state index contributed by atoms with van der Waals surface area (Å²) in [5.41, 5.74) is 2.38. The molecule has 22 heavy (non-hydrogen) atoms. The van der Waals surface area contributed by atoms with E-state index in [-0.39, 0.29) is 6.03 Å². The van der Waals surface area contributed by atoms with Crippen molar-refractivity contribution in [1.29, 1.82) is 0 Å². The number of para-hydroxylation sites is 1. The molecule has 1 aromatic heterocycles. The molecule has 1 saturated heterocycles. The molecule has 1 aliphatic heterocycles. The van der Waals surface area contributed by atoms with Crippen LogP contribution in [0.5, 0.6) is 0 Å². The van der Waals surface area contributed by atoms with Crippen LogP contribution in [-0.4, -0.2) is 37.3 Å². The summed E-state index contributed by atoms with van der Waals surface area (Å²) in [7, 11) is 0. The molecule has 3 N–H and O–H groups in total. The number of urea groups is 1. The Labute approximate surface area is 130 Å². The lowest BCUT2D eigenvalue weighted by Crippen LogP contribution is -2.40. The van der Waals surface area contributed by atoms with Gasteiger partial charge in [-0.2, -0.15) is 0 Å². The average molecular weight is 301 g/mol. The SMILES string of the molecule is O=C(NCCc1c[nH]c2ccccc12)NCC1CCOCC1. The first-order valence-electron chi connectivity index (χ1n) is 7.97. The highest BCUT2D eigenvalue weighted by molar-refractivity contribution is 5.83. The molecule has 5 heteroatoms. The van der Waals surface area contributed by atoms with E-state index in [2.05, 4.69) is 27.8 Å². The summed E-state index contributed by atoms with van der Waals surface area (Å²) in [6.07, 6.45) is 4.92. The molecule has 0 saturated carbocycles. The van der Waals surface area contributed by atoms with Crippen LogP contribution in [0.15, 0.2) is 30.5 Å². The Morgan fingerprint density at radius 2 is 2.05 bits per heavy atom. The number of aromatic nitrogens is 1. The van der Waals surface area contributed by atoms with Crippen LogP contribution in [0.3, 0.4) is 0 Å². The molecule has 1 aliphatic rings. The van der Waals surface area contributed by atoms with Gasteiger partial charge in [0.15, 0.2) is 0 Å². The number of aromatic amines is 1.